The Morgan fingerprint density at radius 2 is 1.76 bits per heavy atom. The highest BCUT2D eigenvalue weighted by atomic mass is 32.1. The van der Waals surface area contributed by atoms with Crippen molar-refractivity contribution in [1.29, 1.82) is 0 Å². The third-order valence-electron chi connectivity index (χ3n) is 2.86. The number of amides is 1. The van der Waals surface area contributed by atoms with Crippen molar-refractivity contribution in [2.45, 2.75) is 26.4 Å². The van der Waals surface area contributed by atoms with Crippen LogP contribution < -0.4 is 5.32 Å². The van der Waals surface area contributed by atoms with Crippen LogP contribution in [0.2, 0.25) is 0 Å². The van der Waals surface area contributed by atoms with E-state index >= 15 is 0 Å². The summed E-state index contributed by atoms with van der Waals surface area (Å²) < 4.78 is 9.98. The lowest BCUT2D eigenvalue weighted by atomic mass is 10.2. The van der Waals surface area contributed by atoms with E-state index < -0.39 is 24.1 Å². The molecule has 0 spiro atoms. The summed E-state index contributed by atoms with van der Waals surface area (Å²) in [5, 5.41) is 4.55. The number of hydrogen-bond acceptors (Lipinski definition) is 6. The molecule has 1 aromatic heterocycles. The molecule has 0 radical (unpaired) electrons. The van der Waals surface area contributed by atoms with E-state index in [1.54, 1.807) is 45.0 Å². The van der Waals surface area contributed by atoms with Crippen molar-refractivity contribution in [1.82, 2.24) is 0 Å². The second-order valence-corrected chi connectivity index (χ2v) is 7.12. The summed E-state index contributed by atoms with van der Waals surface area (Å²) in [6.45, 7) is 4.74. The first-order valence-electron chi connectivity index (χ1n) is 7.58. The molecule has 0 saturated heterocycles. The molecule has 0 bridgehead atoms. The van der Waals surface area contributed by atoms with Gasteiger partial charge in [0.1, 0.15) is 5.60 Å². The standard InChI is InChI=1S/C18H19NO5S/c1-18(2,3)24-15(20)11-23-17(22)12-6-8-13(9-7-12)19-16(21)14-5-4-10-25-14/h4-10H,11H2,1-3H3,(H,19,21). The summed E-state index contributed by atoms with van der Waals surface area (Å²) in [6.07, 6.45) is 0. The second-order valence-electron chi connectivity index (χ2n) is 6.17. The SMILES string of the molecule is CC(C)(C)OC(=O)COC(=O)c1ccc(NC(=O)c2cccs2)cc1. The van der Waals surface area contributed by atoms with Crippen LogP contribution in [0, 0.1) is 0 Å². The zero-order valence-electron chi connectivity index (χ0n) is 14.2. The van der Waals surface area contributed by atoms with Crippen LogP contribution in [0.15, 0.2) is 41.8 Å². The lowest BCUT2D eigenvalue weighted by Gasteiger charge is -2.19. The van der Waals surface area contributed by atoms with Crippen molar-refractivity contribution in [2.75, 3.05) is 11.9 Å². The molecular weight excluding hydrogens is 342 g/mol. The van der Waals surface area contributed by atoms with Gasteiger partial charge < -0.3 is 14.8 Å². The maximum Gasteiger partial charge on any atom is 0.344 e. The molecule has 1 heterocycles. The first-order valence-corrected chi connectivity index (χ1v) is 8.46. The molecule has 0 aliphatic carbocycles. The maximum atomic E-state index is 11.9. The third kappa shape index (κ3) is 6.04. The van der Waals surface area contributed by atoms with Crippen molar-refractivity contribution in [3.63, 3.8) is 0 Å². The van der Waals surface area contributed by atoms with Gasteiger partial charge in [-0.05, 0) is 56.5 Å². The molecule has 25 heavy (non-hydrogen) atoms. The zero-order valence-corrected chi connectivity index (χ0v) is 15.0. The molecule has 132 valence electrons. The smallest absolute Gasteiger partial charge is 0.344 e. The average molecular weight is 361 g/mol. The zero-order chi connectivity index (χ0) is 18.4. The van der Waals surface area contributed by atoms with E-state index in [-0.39, 0.29) is 11.5 Å². The number of ether oxygens (including phenoxy) is 2. The van der Waals surface area contributed by atoms with Gasteiger partial charge in [-0.1, -0.05) is 6.07 Å². The first kappa shape index (κ1) is 18.7. The normalized spacial score (nSPS) is 10.8. The van der Waals surface area contributed by atoms with Crippen LogP contribution >= 0.6 is 11.3 Å². The van der Waals surface area contributed by atoms with Gasteiger partial charge >= 0.3 is 11.9 Å². The molecule has 0 aliphatic heterocycles. The van der Waals surface area contributed by atoms with Gasteiger partial charge in [0.05, 0.1) is 10.4 Å². The Morgan fingerprint density at radius 1 is 1.08 bits per heavy atom. The monoisotopic (exact) mass is 361 g/mol. The third-order valence-corrected chi connectivity index (χ3v) is 3.73. The molecule has 0 unspecified atom stereocenters. The largest absolute Gasteiger partial charge is 0.457 e. The highest BCUT2D eigenvalue weighted by molar-refractivity contribution is 7.12. The fourth-order valence-corrected chi connectivity index (χ4v) is 2.49. The maximum absolute atomic E-state index is 11.9. The molecule has 0 aliphatic rings. The number of rotatable bonds is 5. The van der Waals surface area contributed by atoms with E-state index in [1.165, 1.54) is 23.5 Å². The molecule has 1 amide bonds. The van der Waals surface area contributed by atoms with Crippen molar-refractivity contribution in [3.05, 3.63) is 52.2 Å². The number of hydrogen-bond donors (Lipinski definition) is 1. The Kier molecular flexibility index (Phi) is 5.93. The van der Waals surface area contributed by atoms with E-state index in [0.29, 0.717) is 10.6 Å². The van der Waals surface area contributed by atoms with E-state index in [1.807, 2.05) is 5.38 Å². The molecule has 0 atom stereocenters. The minimum atomic E-state index is -0.637. The first-order chi connectivity index (χ1) is 11.7. The molecule has 2 aromatic rings. The number of esters is 2. The number of anilines is 1. The summed E-state index contributed by atoms with van der Waals surface area (Å²) in [4.78, 5) is 36.0. The van der Waals surface area contributed by atoms with Gasteiger partial charge in [0, 0.05) is 5.69 Å². The molecule has 1 N–H and O–H groups in total. The molecule has 0 fully saturated rings. The highest BCUT2D eigenvalue weighted by Gasteiger charge is 2.18. The Bertz CT molecular complexity index is 745. The van der Waals surface area contributed by atoms with Gasteiger partial charge in [0.2, 0.25) is 0 Å². The van der Waals surface area contributed by atoms with Crippen LogP contribution in [-0.2, 0) is 14.3 Å². The molecule has 1 aromatic carbocycles. The Balaban J connectivity index is 1.87. The van der Waals surface area contributed by atoms with Gasteiger partial charge in [-0.25, -0.2) is 9.59 Å². The lowest BCUT2D eigenvalue weighted by Crippen LogP contribution is -2.27. The summed E-state index contributed by atoms with van der Waals surface area (Å²) in [6, 6.07) is 9.74. The molecule has 2 rings (SSSR count). The predicted octanol–water partition coefficient (Wildman–Crippen LogP) is 3.50. The molecule has 7 heteroatoms. The molecule has 0 saturated carbocycles. The van der Waals surface area contributed by atoms with E-state index in [9.17, 15) is 14.4 Å². The summed E-state index contributed by atoms with van der Waals surface area (Å²) in [7, 11) is 0. The number of nitrogens with one attached hydrogen (secondary N) is 1. The molecule has 6 nitrogen and oxygen atoms in total. The van der Waals surface area contributed by atoms with Crippen LogP contribution in [0.25, 0.3) is 0 Å². The minimum absolute atomic E-state index is 0.213. The van der Waals surface area contributed by atoms with Crippen molar-refractivity contribution >= 4 is 34.9 Å². The van der Waals surface area contributed by atoms with Crippen LogP contribution in [-0.4, -0.2) is 30.1 Å². The van der Waals surface area contributed by atoms with Crippen LogP contribution in [0.1, 0.15) is 40.8 Å². The quantitative estimate of drug-likeness (QED) is 0.824. The van der Waals surface area contributed by atoms with E-state index in [2.05, 4.69) is 5.32 Å². The minimum Gasteiger partial charge on any atom is -0.457 e. The van der Waals surface area contributed by atoms with Gasteiger partial charge in [-0.3, -0.25) is 4.79 Å². The number of carbonyl (C=O) groups excluding carboxylic acids is 3. The summed E-state index contributed by atoms with van der Waals surface area (Å²) in [5.41, 5.74) is 0.200. The van der Waals surface area contributed by atoms with Gasteiger partial charge in [-0.2, -0.15) is 0 Å². The number of thiophene rings is 1. The Labute approximate surface area is 149 Å². The van der Waals surface area contributed by atoms with Crippen molar-refractivity contribution in [3.8, 4) is 0 Å². The van der Waals surface area contributed by atoms with E-state index in [4.69, 9.17) is 9.47 Å². The van der Waals surface area contributed by atoms with Gasteiger partial charge in [0.15, 0.2) is 6.61 Å². The van der Waals surface area contributed by atoms with Crippen LogP contribution in [0.5, 0.6) is 0 Å². The fraction of sp³-hybridized carbons (Fsp3) is 0.278. The fourth-order valence-electron chi connectivity index (χ4n) is 1.87. The van der Waals surface area contributed by atoms with Crippen molar-refractivity contribution in [2.24, 2.45) is 0 Å². The van der Waals surface area contributed by atoms with Gasteiger partial charge in [0.25, 0.3) is 5.91 Å². The number of benzene rings is 1. The topological polar surface area (TPSA) is 81.7 Å². The highest BCUT2D eigenvalue weighted by Crippen LogP contribution is 2.15. The van der Waals surface area contributed by atoms with Gasteiger partial charge in [-0.15, -0.1) is 11.3 Å². The van der Waals surface area contributed by atoms with Crippen LogP contribution in [0.4, 0.5) is 5.69 Å². The summed E-state index contributed by atoms with van der Waals surface area (Å²) >= 11 is 1.34. The number of carbonyl (C=O) groups is 3. The predicted molar refractivity (Wildman–Crippen MR) is 94.8 cm³/mol. The average Bonchev–Trinajstić information content (AvgIpc) is 3.06. The summed E-state index contributed by atoms with van der Waals surface area (Å²) in [5.74, 6) is -1.46. The van der Waals surface area contributed by atoms with Crippen molar-refractivity contribution < 1.29 is 23.9 Å². The Morgan fingerprint density at radius 3 is 2.32 bits per heavy atom. The van der Waals surface area contributed by atoms with Crippen LogP contribution in [0.3, 0.4) is 0 Å². The lowest BCUT2D eigenvalue weighted by molar-refractivity contribution is -0.158. The second kappa shape index (κ2) is 7.94. The Hall–Kier alpha value is -2.67. The van der Waals surface area contributed by atoms with E-state index in [0.717, 1.165) is 0 Å². The molecular formula is C18H19NO5S.